The van der Waals surface area contributed by atoms with Crippen molar-refractivity contribution in [1.82, 2.24) is 14.7 Å². The highest BCUT2D eigenvalue weighted by atomic mass is 16.4. The highest BCUT2D eigenvalue weighted by molar-refractivity contribution is 5.92. The number of hydrogen-bond donors (Lipinski definition) is 0. The zero-order valence-corrected chi connectivity index (χ0v) is 15.2. The number of hydrogen-bond acceptors (Lipinski definition) is 3. The van der Waals surface area contributed by atoms with E-state index in [-0.39, 0.29) is 5.91 Å². The standard InChI is InChI=1S/C21H23N3O2/c1-3-15-4-6-17(7-5-15)19-10-11-20(26-19)21(25)24(18-8-9-18)14-16-12-22-23(2)13-16/h4-7,10-13,18H,3,8-9,14H2,1-2H3. The lowest BCUT2D eigenvalue weighted by atomic mass is 10.1. The van der Waals surface area contributed by atoms with E-state index >= 15 is 0 Å². The van der Waals surface area contributed by atoms with E-state index in [0.29, 0.717) is 18.3 Å². The van der Waals surface area contributed by atoms with Crippen molar-refractivity contribution < 1.29 is 9.21 Å². The van der Waals surface area contributed by atoms with Gasteiger partial charge < -0.3 is 9.32 Å². The molecule has 1 aromatic carbocycles. The summed E-state index contributed by atoms with van der Waals surface area (Å²) in [6.07, 6.45) is 6.87. The van der Waals surface area contributed by atoms with Crippen LogP contribution in [0, 0.1) is 0 Å². The van der Waals surface area contributed by atoms with E-state index in [1.165, 1.54) is 5.56 Å². The normalized spacial score (nSPS) is 13.8. The quantitative estimate of drug-likeness (QED) is 0.675. The Labute approximate surface area is 153 Å². The van der Waals surface area contributed by atoms with Crippen LogP contribution in [0.4, 0.5) is 0 Å². The molecular formula is C21H23N3O2. The second kappa shape index (κ2) is 6.83. The Balaban J connectivity index is 1.53. The summed E-state index contributed by atoms with van der Waals surface area (Å²) in [5.74, 6) is 1.08. The molecule has 134 valence electrons. The fourth-order valence-electron chi connectivity index (χ4n) is 3.16. The lowest BCUT2D eigenvalue weighted by Crippen LogP contribution is -2.32. The molecule has 0 bridgehead atoms. The van der Waals surface area contributed by atoms with Crippen molar-refractivity contribution in [3.05, 3.63) is 65.7 Å². The number of rotatable bonds is 6. The van der Waals surface area contributed by atoms with Crippen LogP contribution in [0.3, 0.4) is 0 Å². The molecule has 5 nitrogen and oxygen atoms in total. The molecule has 1 aliphatic carbocycles. The van der Waals surface area contributed by atoms with Crippen LogP contribution in [0.1, 0.15) is 41.4 Å². The van der Waals surface area contributed by atoms with Crippen LogP contribution in [0.5, 0.6) is 0 Å². The Morgan fingerprint density at radius 2 is 1.96 bits per heavy atom. The Bertz CT molecular complexity index is 903. The number of benzene rings is 1. The molecule has 1 amide bonds. The Morgan fingerprint density at radius 3 is 2.58 bits per heavy atom. The molecule has 0 saturated heterocycles. The van der Waals surface area contributed by atoms with Gasteiger partial charge in [0.2, 0.25) is 0 Å². The van der Waals surface area contributed by atoms with Crippen LogP contribution in [-0.4, -0.2) is 26.6 Å². The third-order valence-corrected chi connectivity index (χ3v) is 4.82. The average Bonchev–Trinajstić information content (AvgIpc) is 3.23. The summed E-state index contributed by atoms with van der Waals surface area (Å²) in [6.45, 7) is 2.70. The first-order valence-electron chi connectivity index (χ1n) is 9.11. The van der Waals surface area contributed by atoms with Crippen LogP contribution >= 0.6 is 0 Å². The van der Waals surface area contributed by atoms with Crippen molar-refractivity contribution in [3.8, 4) is 11.3 Å². The Kier molecular flexibility index (Phi) is 4.37. The van der Waals surface area contributed by atoms with E-state index in [1.807, 2.05) is 42.5 Å². The fourth-order valence-corrected chi connectivity index (χ4v) is 3.16. The smallest absolute Gasteiger partial charge is 0.290 e. The van der Waals surface area contributed by atoms with E-state index in [9.17, 15) is 4.79 Å². The fraction of sp³-hybridized carbons (Fsp3) is 0.333. The maximum atomic E-state index is 13.0. The van der Waals surface area contributed by atoms with Crippen LogP contribution in [0.2, 0.25) is 0 Å². The molecule has 0 spiro atoms. The van der Waals surface area contributed by atoms with Crippen molar-refractivity contribution in [2.45, 2.75) is 38.8 Å². The van der Waals surface area contributed by atoms with Crippen molar-refractivity contribution in [1.29, 1.82) is 0 Å². The van der Waals surface area contributed by atoms with Crippen LogP contribution in [0.25, 0.3) is 11.3 Å². The first kappa shape index (κ1) is 16.6. The molecule has 2 aromatic heterocycles. The number of aryl methyl sites for hydroxylation is 2. The van der Waals surface area contributed by atoms with Crippen molar-refractivity contribution in [3.63, 3.8) is 0 Å². The molecule has 1 saturated carbocycles. The molecule has 0 unspecified atom stereocenters. The lowest BCUT2D eigenvalue weighted by molar-refractivity contribution is 0.0698. The van der Waals surface area contributed by atoms with E-state index in [4.69, 9.17) is 4.42 Å². The molecule has 0 atom stereocenters. The molecule has 1 fully saturated rings. The number of aromatic nitrogens is 2. The van der Waals surface area contributed by atoms with Gasteiger partial charge in [0.05, 0.1) is 6.20 Å². The minimum Gasteiger partial charge on any atom is -0.451 e. The summed E-state index contributed by atoms with van der Waals surface area (Å²) < 4.78 is 7.65. The molecule has 1 aliphatic rings. The highest BCUT2D eigenvalue weighted by Gasteiger charge is 2.34. The number of carbonyl (C=O) groups excluding carboxylic acids is 1. The van der Waals surface area contributed by atoms with E-state index < -0.39 is 0 Å². The predicted octanol–water partition coefficient (Wildman–Crippen LogP) is 4.05. The van der Waals surface area contributed by atoms with Gasteiger partial charge in [-0.25, -0.2) is 0 Å². The van der Waals surface area contributed by atoms with Gasteiger partial charge in [0, 0.05) is 37.0 Å². The van der Waals surface area contributed by atoms with Crippen molar-refractivity contribution in [2.75, 3.05) is 0 Å². The molecule has 26 heavy (non-hydrogen) atoms. The van der Waals surface area contributed by atoms with Crippen LogP contribution < -0.4 is 0 Å². The second-order valence-electron chi connectivity index (χ2n) is 6.90. The zero-order chi connectivity index (χ0) is 18.1. The number of carbonyl (C=O) groups is 1. The molecule has 0 radical (unpaired) electrons. The lowest BCUT2D eigenvalue weighted by Gasteiger charge is -2.20. The maximum Gasteiger partial charge on any atom is 0.290 e. The van der Waals surface area contributed by atoms with Crippen molar-refractivity contribution in [2.24, 2.45) is 7.05 Å². The topological polar surface area (TPSA) is 51.3 Å². The maximum absolute atomic E-state index is 13.0. The first-order valence-corrected chi connectivity index (χ1v) is 9.11. The van der Waals surface area contributed by atoms with Gasteiger partial charge in [-0.05, 0) is 37.0 Å². The van der Waals surface area contributed by atoms with E-state index in [0.717, 1.165) is 36.1 Å². The molecule has 0 aliphatic heterocycles. The number of furan rings is 1. The van der Waals surface area contributed by atoms with Gasteiger partial charge in [-0.2, -0.15) is 5.10 Å². The van der Waals surface area contributed by atoms with Gasteiger partial charge in [-0.3, -0.25) is 9.48 Å². The zero-order valence-electron chi connectivity index (χ0n) is 15.2. The van der Waals surface area contributed by atoms with E-state index in [2.05, 4.69) is 24.2 Å². The first-order chi connectivity index (χ1) is 12.6. The van der Waals surface area contributed by atoms with Gasteiger partial charge in [-0.1, -0.05) is 31.2 Å². The van der Waals surface area contributed by atoms with Gasteiger partial charge in [0.15, 0.2) is 5.76 Å². The molecule has 3 aromatic rings. The summed E-state index contributed by atoms with van der Waals surface area (Å²) in [6, 6.07) is 12.2. The summed E-state index contributed by atoms with van der Waals surface area (Å²) in [5, 5.41) is 4.19. The predicted molar refractivity (Wildman–Crippen MR) is 99.6 cm³/mol. The summed E-state index contributed by atoms with van der Waals surface area (Å²) in [4.78, 5) is 14.9. The molecule has 4 rings (SSSR count). The Hall–Kier alpha value is -2.82. The molecule has 0 N–H and O–H groups in total. The minimum atomic E-state index is -0.0484. The largest absolute Gasteiger partial charge is 0.451 e. The SMILES string of the molecule is CCc1ccc(-c2ccc(C(=O)N(Cc3cnn(C)c3)C3CC3)o2)cc1. The molecule has 2 heterocycles. The number of nitrogens with zero attached hydrogens (tertiary/aromatic N) is 3. The summed E-state index contributed by atoms with van der Waals surface area (Å²) in [5.41, 5.74) is 3.31. The van der Waals surface area contributed by atoms with Gasteiger partial charge in [0.1, 0.15) is 5.76 Å². The average molecular weight is 349 g/mol. The highest BCUT2D eigenvalue weighted by Crippen LogP contribution is 2.31. The van der Waals surface area contributed by atoms with Gasteiger partial charge in [0.25, 0.3) is 5.91 Å². The number of amides is 1. The monoisotopic (exact) mass is 349 g/mol. The Morgan fingerprint density at radius 1 is 1.19 bits per heavy atom. The third kappa shape index (κ3) is 3.43. The van der Waals surface area contributed by atoms with Crippen molar-refractivity contribution >= 4 is 5.91 Å². The van der Waals surface area contributed by atoms with Gasteiger partial charge >= 0.3 is 0 Å². The third-order valence-electron chi connectivity index (χ3n) is 4.82. The van der Waals surface area contributed by atoms with Gasteiger partial charge in [-0.15, -0.1) is 0 Å². The summed E-state index contributed by atoms with van der Waals surface area (Å²) in [7, 11) is 1.88. The minimum absolute atomic E-state index is 0.0484. The summed E-state index contributed by atoms with van der Waals surface area (Å²) >= 11 is 0. The molecular weight excluding hydrogens is 326 g/mol. The molecule has 5 heteroatoms. The second-order valence-corrected chi connectivity index (χ2v) is 6.90. The van der Waals surface area contributed by atoms with E-state index in [1.54, 1.807) is 10.7 Å². The van der Waals surface area contributed by atoms with Crippen LogP contribution in [0.15, 0.2) is 53.2 Å². The van der Waals surface area contributed by atoms with Crippen LogP contribution in [-0.2, 0) is 20.0 Å².